The van der Waals surface area contributed by atoms with Gasteiger partial charge in [-0.2, -0.15) is 0 Å². The summed E-state index contributed by atoms with van der Waals surface area (Å²) >= 11 is 0. The van der Waals surface area contributed by atoms with Gasteiger partial charge in [0.05, 0.1) is 0 Å². The van der Waals surface area contributed by atoms with E-state index in [4.69, 9.17) is 0 Å². The molecule has 0 radical (unpaired) electrons. The first-order valence-corrected chi connectivity index (χ1v) is 6.30. The molecule has 0 fully saturated rings. The molecule has 2 aromatic rings. The number of carbonyl (C=O) groups excluding carboxylic acids is 1. The molecule has 2 aromatic carbocycles. The van der Waals surface area contributed by atoms with E-state index in [0.717, 1.165) is 11.1 Å². The highest BCUT2D eigenvalue weighted by Gasteiger charge is 1.97. The molecule has 0 atom stereocenters. The molecule has 0 saturated heterocycles. The van der Waals surface area contributed by atoms with Crippen molar-refractivity contribution >= 4 is 12.0 Å². The van der Waals surface area contributed by atoms with Crippen LogP contribution < -0.4 is 5.32 Å². The van der Waals surface area contributed by atoms with Crippen molar-refractivity contribution in [2.75, 3.05) is 0 Å². The van der Waals surface area contributed by atoms with E-state index in [1.165, 1.54) is 5.56 Å². The molecule has 0 unspecified atom stereocenters. The molecule has 96 valence electrons. The molecular weight excluding hydrogens is 234 g/mol. The molecule has 0 aliphatic carbocycles. The van der Waals surface area contributed by atoms with Crippen LogP contribution in [0.4, 0.5) is 0 Å². The summed E-state index contributed by atoms with van der Waals surface area (Å²) in [6.07, 6.45) is 3.37. The lowest BCUT2D eigenvalue weighted by Gasteiger charge is -2.03. The summed E-state index contributed by atoms with van der Waals surface area (Å²) < 4.78 is 0. The SMILES string of the molecule is Cc1cccc(CNC(=O)C=Cc2ccccc2)c1. The van der Waals surface area contributed by atoms with E-state index in [0.29, 0.717) is 6.54 Å². The van der Waals surface area contributed by atoms with Gasteiger partial charge in [-0.1, -0.05) is 60.2 Å². The van der Waals surface area contributed by atoms with Crippen LogP contribution in [0.3, 0.4) is 0 Å². The number of rotatable bonds is 4. The number of benzene rings is 2. The van der Waals surface area contributed by atoms with Crippen molar-refractivity contribution in [3.63, 3.8) is 0 Å². The van der Waals surface area contributed by atoms with Gasteiger partial charge < -0.3 is 5.32 Å². The lowest BCUT2D eigenvalue weighted by atomic mass is 10.1. The average Bonchev–Trinajstić information content (AvgIpc) is 2.44. The smallest absolute Gasteiger partial charge is 0.244 e. The van der Waals surface area contributed by atoms with E-state index in [2.05, 4.69) is 11.4 Å². The van der Waals surface area contributed by atoms with E-state index in [1.54, 1.807) is 6.08 Å². The van der Waals surface area contributed by atoms with Crippen molar-refractivity contribution < 1.29 is 4.79 Å². The van der Waals surface area contributed by atoms with E-state index < -0.39 is 0 Å². The molecule has 0 aromatic heterocycles. The zero-order chi connectivity index (χ0) is 13.5. The quantitative estimate of drug-likeness (QED) is 0.830. The van der Waals surface area contributed by atoms with Crippen LogP contribution in [-0.2, 0) is 11.3 Å². The fourth-order valence-electron chi connectivity index (χ4n) is 1.81. The minimum Gasteiger partial charge on any atom is -0.348 e. The number of hydrogen-bond acceptors (Lipinski definition) is 1. The van der Waals surface area contributed by atoms with E-state index in [1.807, 2.05) is 61.5 Å². The molecule has 2 nitrogen and oxygen atoms in total. The number of amides is 1. The summed E-state index contributed by atoms with van der Waals surface area (Å²) in [4.78, 5) is 11.7. The molecule has 1 amide bonds. The summed E-state index contributed by atoms with van der Waals surface area (Å²) in [7, 11) is 0. The van der Waals surface area contributed by atoms with Crippen molar-refractivity contribution in [1.82, 2.24) is 5.32 Å². The van der Waals surface area contributed by atoms with Gasteiger partial charge in [0.1, 0.15) is 0 Å². The Morgan fingerprint density at radius 2 is 1.89 bits per heavy atom. The van der Waals surface area contributed by atoms with Gasteiger partial charge in [0, 0.05) is 12.6 Å². The minimum atomic E-state index is -0.0784. The van der Waals surface area contributed by atoms with Crippen molar-refractivity contribution in [2.24, 2.45) is 0 Å². The maximum Gasteiger partial charge on any atom is 0.244 e. The molecule has 1 N–H and O–H groups in total. The summed E-state index contributed by atoms with van der Waals surface area (Å²) in [6, 6.07) is 17.9. The van der Waals surface area contributed by atoms with Gasteiger partial charge in [-0.05, 0) is 24.1 Å². The zero-order valence-electron chi connectivity index (χ0n) is 11.0. The van der Waals surface area contributed by atoms with E-state index in [9.17, 15) is 4.79 Å². The summed E-state index contributed by atoms with van der Waals surface area (Å²) in [5.41, 5.74) is 3.33. The highest BCUT2D eigenvalue weighted by Crippen LogP contribution is 2.04. The predicted octanol–water partition coefficient (Wildman–Crippen LogP) is 3.32. The fourth-order valence-corrected chi connectivity index (χ4v) is 1.81. The molecular formula is C17H17NO. The van der Waals surface area contributed by atoms with Gasteiger partial charge >= 0.3 is 0 Å². The van der Waals surface area contributed by atoms with Crippen LogP contribution in [0.15, 0.2) is 60.7 Å². The van der Waals surface area contributed by atoms with E-state index >= 15 is 0 Å². The lowest BCUT2D eigenvalue weighted by molar-refractivity contribution is -0.116. The van der Waals surface area contributed by atoms with Crippen LogP contribution in [0.1, 0.15) is 16.7 Å². The lowest BCUT2D eigenvalue weighted by Crippen LogP contribution is -2.20. The Balaban J connectivity index is 1.87. The summed E-state index contributed by atoms with van der Waals surface area (Å²) in [5.74, 6) is -0.0784. The second-order valence-corrected chi connectivity index (χ2v) is 4.45. The first-order valence-electron chi connectivity index (χ1n) is 6.30. The van der Waals surface area contributed by atoms with Gasteiger partial charge in [0.15, 0.2) is 0 Å². The average molecular weight is 251 g/mol. The van der Waals surface area contributed by atoms with Crippen molar-refractivity contribution in [3.8, 4) is 0 Å². The van der Waals surface area contributed by atoms with Crippen molar-refractivity contribution in [3.05, 3.63) is 77.4 Å². The van der Waals surface area contributed by atoms with Gasteiger partial charge in [0.25, 0.3) is 0 Å². The molecule has 0 saturated carbocycles. The zero-order valence-corrected chi connectivity index (χ0v) is 11.0. The summed E-state index contributed by atoms with van der Waals surface area (Å²) in [5, 5.41) is 2.87. The standard InChI is InChI=1S/C17H17NO/c1-14-6-5-9-16(12-14)13-18-17(19)11-10-15-7-3-2-4-8-15/h2-12H,13H2,1H3,(H,18,19). The van der Waals surface area contributed by atoms with Gasteiger partial charge in [-0.15, -0.1) is 0 Å². The predicted molar refractivity (Wildman–Crippen MR) is 78.5 cm³/mol. The molecule has 0 spiro atoms. The third-order valence-corrected chi connectivity index (χ3v) is 2.78. The number of hydrogen-bond donors (Lipinski definition) is 1. The second-order valence-electron chi connectivity index (χ2n) is 4.45. The molecule has 0 bridgehead atoms. The van der Waals surface area contributed by atoms with Gasteiger partial charge in [0.2, 0.25) is 5.91 Å². The fraction of sp³-hybridized carbons (Fsp3) is 0.118. The third kappa shape index (κ3) is 4.43. The molecule has 0 aliphatic rings. The molecule has 0 aliphatic heterocycles. The largest absolute Gasteiger partial charge is 0.348 e. The Labute approximate surface area is 113 Å². The number of aryl methyl sites for hydroxylation is 1. The molecule has 2 rings (SSSR count). The maximum absolute atomic E-state index is 11.7. The summed E-state index contributed by atoms with van der Waals surface area (Å²) in [6.45, 7) is 2.60. The van der Waals surface area contributed by atoms with Gasteiger partial charge in [-0.3, -0.25) is 4.79 Å². The van der Waals surface area contributed by atoms with E-state index in [-0.39, 0.29) is 5.91 Å². The number of nitrogens with one attached hydrogen (secondary N) is 1. The highest BCUT2D eigenvalue weighted by atomic mass is 16.1. The monoisotopic (exact) mass is 251 g/mol. The van der Waals surface area contributed by atoms with Crippen LogP contribution in [-0.4, -0.2) is 5.91 Å². The Bertz CT molecular complexity index is 573. The Morgan fingerprint density at radius 3 is 2.63 bits per heavy atom. The maximum atomic E-state index is 11.7. The normalized spacial score (nSPS) is 10.6. The van der Waals surface area contributed by atoms with Crippen LogP contribution in [0.2, 0.25) is 0 Å². The van der Waals surface area contributed by atoms with Crippen molar-refractivity contribution in [1.29, 1.82) is 0 Å². The van der Waals surface area contributed by atoms with Gasteiger partial charge in [-0.25, -0.2) is 0 Å². The first kappa shape index (κ1) is 13.1. The number of carbonyl (C=O) groups is 1. The van der Waals surface area contributed by atoms with Crippen LogP contribution in [0.25, 0.3) is 6.08 Å². The minimum absolute atomic E-state index is 0.0784. The van der Waals surface area contributed by atoms with Crippen LogP contribution in [0, 0.1) is 6.92 Å². The highest BCUT2D eigenvalue weighted by molar-refractivity contribution is 5.91. The van der Waals surface area contributed by atoms with Crippen LogP contribution in [0.5, 0.6) is 0 Å². The third-order valence-electron chi connectivity index (χ3n) is 2.78. The molecule has 19 heavy (non-hydrogen) atoms. The topological polar surface area (TPSA) is 29.1 Å². The Hall–Kier alpha value is -2.35. The molecule has 0 heterocycles. The molecule has 2 heteroatoms. The Kier molecular flexibility index (Phi) is 4.51. The Morgan fingerprint density at radius 1 is 1.11 bits per heavy atom. The first-order chi connectivity index (χ1) is 9.24. The van der Waals surface area contributed by atoms with Crippen molar-refractivity contribution in [2.45, 2.75) is 13.5 Å². The second kappa shape index (κ2) is 6.55. The van der Waals surface area contributed by atoms with Crippen LogP contribution >= 0.6 is 0 Å².